The molecule has 1 aromatic carbocycles. The van der Waals surface area contributed by atoms with Crippen molar-refractivity contribution in [2.45, 2.75) is 65.5 Å². The first-order valence-electron chi connectivity index (χ1n) is 9.80. The molecule has 0 saturated carbocycles. The third-order valence-electron chi connectivity index (χ3n) is 5.57. The normalized spacial score (nSPS) is 19.9. The fraction of sp³-hybridized carbons (Fsp3) is 0.500. The highest BCUT2D eigenvalue weighted by atomic mass is 16.5. The van der Waals surface area contributed by atoms with Gasteiger partial charge in [0.15, 0.2) is 6.61 Å². The molecule has 1 aromatic heterocycles. The minimum Gasteiger partial charge on any atom is -0.452 e. The number of nitrogens with zero attached hydrogens (tertiary/aromatic N) is 2. The van der Waals surface area contributed by atoms with E-state index in [1.54, 1.807) is 0 Å². The molecule has 144 valence electrons. The number of hydrogen-bond donors (Lipinski definition) is 0. The molecular weight excluding hydrogens is 340 g/mol. The van der Waals surface area contributed by atoms with Gasteiger partial charge in [-0.1, -0.05) is 25.1 Å². The largest absolute Gasteiger partial charge is 0.452 e. The van der Waals surface area contributed by atoms with Crippen LogP contribution in [0.2, 0.25) is 0 Å². The van der Waals surface area contributed by atoms with Crippen LogP contribution in [0.1, 0.15) is 61.6 Å². The highest BCUT2D eigenvalue weighted by molar-refractivity contribution is 5.99. The molecule has 0 radical (unpaired) electrons. The van der Waals surface area contributed by atoms with E-state index < -0.39 is 5.97 Å². The Labute approximate surface area is 160 Å². The number of rotatable bonds is 4. The average Bonchev–Trinajstić information content (AvgIpc) is 2.65. The number of aromatic nitrogens is 1. The van der Waals surface area contributed by atoms with Gasteiger partial charge in [-0.2, -0.15) is 0 Å². The average molecular weight is 368 g/mol. The lowest BCUT2D eigenvalue weighted by Crippen LogP contribution is -2.49. The van der Waals surface area contributed by atoms with Crippen molar-refractivity contribution in [1.29, 1.82) is 0 Å². The minimum atomic E-state index is -0.465. The Morgan fingerprint density at radius 3 is 2.52 bits per heavy atom. The molecule has 1 fully saturated rings. The molecule has 5 nitrogen and oxygen atoms in total. The first-order valence-corrected chi connectivity index (χ1v) is 9.80. The van der Waals surface area contributed by atoms with Crippen LogP contribution in [0.15, 0.2) is 24.3 Å². The molecule has 2 aromatic rings. The van der Waals surface area contributed by atoms with Gasteiger partial charge in [-0.15, -0.1) is 0 Å². The van der Waals surface area contributed by atoms with Crippen molar-refractivity contribution in [3.05, 3.63) is 41.1 Å². The van der Waals surface area contributed by atoms with Crippen LogP contribution >= 0.6 is 0 Å². The van der Waals surface area contributed by atoms with Crippen LogP contribution in [-0.2, 0) is 16.0 Å². The first-order chi connectivity index (χ1) is 12.9. The Kier molecular flexibility index (Phi) is 5.78. The molecule has 27 heavy (non-hydrogen) atoms. The van der Waals surface area contributed by atoms with Crippen LogP contribution in [0.25, 0.3) is 10.9 Å². The third-order valence-corrected chi connectivity index (χ3v) is 5.57. The second-order valence-electron chi connectivity index (χ2n) is 7.44. The lowest BCUT2D eigenvalue weighted by Gasteiger charge is -2.38. The number of likely N-dealkylation sites (tertiary alicyclic amines) is 1. The summed E-state index contributed by atoms with van der Waals surface area (Å²) in [6.07, 6.45) is 3.76. The zero-order valence-corrected chi connectivity index (χ0v) is 16.6. The number of hydrogen-bond acceptors (Lipinski definition) is 4. The van der Waals surface area contributed by atoms with Crippen LogP contribution in [0.3, 0.4) is 0 Å². The van der Waals surface area contributed by atoms with Gasteiger partial charge >= 0.3 is 5.97 Å². The second kappa shape index (κ2) is 8.07. The molecule has 2 atom stereocenters. The summed E-state index contributed by atoms with van der Waals surface area (Å²) in [4.78, 5) is 31.9. The van der Waals surface area contributed by atoms with E-state index in [1.165, 1.54) is 0 Å². The number of amides is 1. The summed E-state index contributed by atoms with van der Waals surface area (Å²) in [5.41, 5.74) is 2.93. The third kappa shape index (κ3) is 3.82. The quantitative estimate of drug-likeness (QED) is 0.764. The molecule has 0 N–H and O–H groups in total. The van der Waals surface area contributed by atoms with Crippen molar-refractivity contribution < 1.29 is 14.3 Å². The van der Waals surface area contributed by atoms with E-state index in [0.29, 0.717) is 17.7 Å². The van der Waals surface area contributed by atoms with Gasteiger partial charge in [0.25, 0.3) is 5.91 Å². The van der Waals surface area contributed by atoms with Gasteiger partial charge in [0.05, 0.1) is 16.8 Å². The van der Waals surface area contributed by atoms with Crippen molar-refractivity contribution in [3.8, 4) is 0 Å². The van der Waals surface area contributed by atoms with E-state index in [4.69, 9.17) is 4.74 Å². The molecule has 3 rings (SSSR count). The van der Waals surface area contributed by atoms with E-state index >= 15 is 0 Å². The lowest BCUT2D eigenvalue weighted by molar-refractivity contribution is -0.140. The van der Waals surface area contributed by atoms with Gasteiger partial charge in [0.2, 0.25) is 0 Å². The molecule has 0 bridgehead atoms. The van der Waals surface area contributed by atoms with E-state index in [2.05, 4.69) is 18.8 Å². The van der Waals surface area contributed by atoms with Crippen LogP contribution in [-0.4, -0.2) is 40.5 Å². The maximum atomic E-state index is 12.8. The fourth-order valence-electron chi connectivity index (χ4n) is 4.15. The monoisotopic (exact) mass is 368 g/mol. The van der Waals surface area contributed by atoms with Gasteiger partial charge in [0, 0.05) is 17.5 Å². The van der Waals surface area contributed by atoms with Gasteiger partial charge in [-0.25, -0.2) is 4.79 Å². The van der Waals surface area contributed by atoms with Gasteiger partial charge < -0.3 is 9.64 Å². The Bertz CT molecular complexity index is 852. The summed E-state index contributed by atoms with van der Waals surface area (Å²) in [5.74, 6) is -0.583. The van der Waals surface area contributed by atoms with Gasteiger partial charge in [-0.05, 0) is 58.1 Å². The summed E-state index contributed by atoms with van der Waals surface area (Å²) in [7, 11) is 0. The number of piperidine rings is 1. The molecule has 0 unspecified atom stereocenters. The van der Waals surface area contributed by atoms with Crippen LogP contribution in [0, 0.1) is 6.92 Å². The standard InChI is InChI=1S/C22H28N2O3/c1-5-18-21(16(4)17-11-6-7-12-19(17)23-18)22(26)27-13-20(25)24-14(2)9-8-10-15(24)3/h6-7,11-12,14-15H,5,8-10,13H2,1-4H3/t14-,15-/m1/s1. The topological polar surface area (TPSA) is 59.5 Å². The molecule has 5 heteroatoms. The Morgan fingerprint density at radius 2 is 1.85 bits per heavy atom. The summed E-state index contributed by atoms with van der Waals surface area (Å²) in [5, 5.41) is 0.936. The molecule has 1 aliphatic heterocycles. The number of benzene rings is 1. The number of fused-ring (bicyclic) bond motifs is 1. The van der Waals surface area contributed by atoms with Crippen molar-refractivity contribution >= 4 is 22.8 Å². The predicted molar refractivity (Wildman–Crippen MR) is 106 cm³/mol. The van der Waals surface area contributed by atoms with E-state index in [9.17, 15) is 9.59 Å². The molecule has 1 aliphatic rings. The number of pyridine rings is 1. The number of carbonyl (C=O) groups is 2. The number of esters is 1. The number of ether oxygens (including phenoxy) is 1. The number of para-hydroxylation sites is 1. The zero-order chi connectivity index (χ0) is 19.6. The second-order valence-corrected chi connectivity index (χ2v) is 7.44. The Balaban J connectivity index is 1.80. The van der Waals surface area contributed by atoms with Crippen LogP contribution < -0.4 is 0 Å². The molecule has 1 saturated heterocycles. The maximum Gasteiger partial charge on any atom is 0.340 e. The fourth-order valence-corrected chi connectivity index (χ4v) is 4.15. The molecule has 0 aliphatic carbocycles. The van der Waals surface area contributed by atoms with Gasteiger partial charge in [0.1, 0.15) is 0 Å². The van der Waals surface area contributed by atoms with E-state index in [-0.39, 0.29) is 24.6 Å². The molecule has 1 amide bonds. The predicted octanol–water partition coefficient (Wildman–Crippen LogP) is 4.05. The SMILES string of the molecule is CCc1nc2ccccc2c(C)c1C(=O)OCC(=O)N1[C@H](C)CCC[C@H]1C. The highest BCUT2D eigenvalue weighted by Gasteiger charge is 2.30. The lowest BCUT2D eigenvalue weighted by atomic mass is 9.97. The summed E-state index contributed by atoms with van der Waals surface area (Å²) >= 11 is 0. The zero-order valence-electron chi connectivity index (χ0n) is 16.6. The summed E-state index contributed by atoms with van der Waals surface area (Å²) < 4.78 is 5.44. The van der Waals surface area contributed by atoms with E-state index in [0.717, 1.165) is 35.7 Å². The van der Waals surface area contributed by atoms with Crippen molar-refractivity contribution in [2.24, 2.45) is 0 Å². The van der Waals surface area contributed by atoms with Crippen LogP contribution in [0.4, 0.5) is 0 Å². The molecule has 0 spiro atoms. The Hall–Kier alpha value is -2.43. The summed E-state index contributed by atoms with van der Waals surface area (Å²) in [6, 6.07) is 8.15. The smallest absolute Gasteiger partial charge is 0.340 e. The molecule has 2 heterocycles. The minimum absolute atomic E-state index is 0.118. The van der Waals surface area contributed by atoms with Gasteiger partial charge in [-0.3, -0.25) is 9.78 Å². The van der Waals surface area contributed by atoms with Crippen LogP contribution in [0.5, 0.6) is 0 Å². The van der Waals surface area contributed by atoms with E-state index in [1.807, 2.05) is 43.0 Å². The first kappa shape index (κ1) is 19.3. The number of aryl methyl sites for hydroxylation is 2. The maximum absolute atomic E-state index is 12.8. The van der Waals surface area contributed by atoms with Crippen molar-refractivity contribution in [1.82, 2.24) is 9.88 Å². The summed E-state index contributed by atoms with van der Waals surface area (Å²) in [6.45, 7) is 7.78. The number of carbonyl (C=O) groups excluding carboxylic acids is 2. The van der Waals surface area contributed by atoms with Crippen molar-refractivity contribution in [2.75, 3.05) is 6.61 Å². The Morgan fingerprint density at radius 1 is 1.19 bits per heavy atom. The highest BCUT2D eigenvalue weighted by Crippen LogP contribution is 2.25. The molecular formula is C22H28N2O3. The van der Waals surface area contributed by atoms with Crippen molar-refractivity contribution in [3.63, 3.8) is 0 Å².